The Morgan fingerprint density at radius 3 is 1.61 bits per heavy atom. The van der Waals surface area contributed by atoms with Crippen LogP contribution in [0.5, 0.6) is 0 Å². The van der Waals surface area contributed by atoms with Crippen molar-refractivity contribution in [3.8, 4) is 0 Å². The number of hydrogen-bond acceptors (Lipinski definition) is 7. The van der Waals surface area contributed by atoms with Gasteiger partial charge in [0, 0.05) is 13.0 Å². The second-order valence-corrected chi connectivity index (χ2v) is 16.4. The zero-order chi connectivity index (χ0) is 36.3. The molecule has 9 heteroatoms. The molecule has 0 radical (unpaired) electrons. The number of esters is 1. The van der Waals surface area contributed by atoms with E-state index in [2.05, 4.69) is 26.0 Å². The molecule has 0 aromatic heterocycles. The quantitative estimate of drug-likeness (QED) is 0.0206. The first-order chi connectivity index (χ1) is 23.6. The zero-order valence-electron chi connectivity index (χ0n) is 32.9. The molecule has 0 aliphatic rings. The molecule has 0 spiro atoms. The van der Waals surface area contributed by atoms with Gasteiger partial charge in [-0.05, 0) is 32.1 Å². The number of phosphoric acid groups is 1. The van der Waals surface area contributed by atoms with Gasteiger partial charge in [-0.3, -0.25) is 9.36 Å². The maximum Gasteiger partial charge on any atom is 0.306 e. The number of ether oxygens (including phenoxy) is 2. The molecular weight excluding hydrogens is 637 g/mol. The van der Waals surface area contributed by atoms with E-state index in [1.165, 1.54) is 128 Å². The highest BCUT2D eigenvalue weighted by atomic mass is 31.2. The summed E-state index contributed by atoms with van der Waals surface area (Å²) in [5, 5.41) is 0. The maximum atomic E-state index is 12.6. The van der Waals surface area contributed by atoms with Gasteiger partial charge in [0.2, 0.25) is 0 Å². The van der Waals surface area contributed by atoms with Crippen molar-refractivity contribution in [3.63, 3.8) is 0 Å². The highest BCUT2D eigenvalue weighted by Gasteiger charge is 2.20. The Labute approximate surface area is 303 Å². The Morgan fingerprint density at radius 1 is 0.612 bits per heavy atom. The number of likely N-dealkylation sites (N-methyl/N-ethyl adjacent to an activating group) is 1. The van der Waals surface area contributed by atoms with Gasteiger partial charge in [0.05, 0.1) is 34.4 Å². The highest BCUT2D eigenvalue weighted by Crippen LogP contribution is 2.38. The Hall–Kier alpha value is -0.760. The number of hydrogen-bond donors (Lipinski definition) is 0. The minimum absolute atomic E-state index is 0.0279. The minimum atomic E-state index is -4.51. The molecule has 0 aliphatic heterocycles. The molecule has 0 rings (SSSR count). The van der Waals surface area contributed by atoms with Gasteiger partial charge in [0.25, 0.3) is 7.82 Å². The summed E-state index contributed by atoms with van der Waals surface area (Å²) in [7, 11) is 1.36. The van der Waals surface area contributed by atoms with Gasteiger partial charge in [-0.15, -0.1) is 0 Å². The molecule has 2 atom stereocenters. The third-order valence-electron chi connectivity index (χ3n) is 8.82. The molecule has 8 nitrogen and oxygen atoms in total. The zero-order valence-corrected chi connectivity index (χ0v) is 33.8. The van der Waals surface area contributed by atoms with Crippen LogP contribution in [0.3, 0.4) is 0 Å². The van der Waals surface area contributed by atoms with Crippen molar-refractivity contribution in [2.75, 3.05) is 54.1 Å². The van der Waals surface area contributed by atoms with E-state index in [-0.39, 0.29) is 25.8 Å². The summed E-state index contributed by atoms with van der Waals surface area (Å²) < 4.78 is 34.5. The molecule has 0 N–H and O–H groups in total. The van der Waals surface area contributed by atoms with Gasteiger partial charge in [-0.25, -0.2) is 0 Å². The molecule has 0 saturated carbocycles. The smallest absolute Gasteiger partial charge is 0.306 e. The fourth-order valence-electron chi connectivity index (χ4n) is 5.59. The number of nitrogens with zero attached hydrogens (tertiary/aromatic N) is 1. The van der Waals surface area contributed by atoms with Gasteiger partial charge in [0.1, 0.15) is 19.3 Å². The number of carbonyl (C=O) groups excluding carboxylic acids is 1. The first-order valence-electron chi connectivity index (χ1n) is 20.4. The average molecular weight is 718 g/mol. The van der Waals surface area contributed by atoms with Gasteiger partial charge >= 0.3 is 5.97 Å². The Kier molecular flexibility index (Phi) is 33.8. The fourth-order valence-corrected chi connectivity index (χ4v) is 6.31. The van der Waals surface area contributed by atoms with Gasteiger partial charge < -0.3 is 27.9 Å². The SMILES string of the molecule is CCCC/C=C\CCCCCCCCOCC(COP(=O)([O-])OCC[N+](C)(C)C)OC(=O)CCCCCCCCCCCCCCCCC. The van der Waals surface area contributed by atoms with E-state index in [4.69, 9.17) is 18.5 Å². The molecule has 0 aliphatic carbocycles. The molecule has 0 amide bonds. The van der Waals surface area contributed by atoms with Crippen LogP contribution in [0.15, 0.2) is 12.2 Å². The van der Waals surface area contributed by atoms with Crippen molar-refractivity contribution in [2.24, 2.45) is 0 Å². The Bertz CT molecular complexity index is 802. The normalized spacial score (nSPS) is 14.0. The van der Waals surface area contributed by atoms with E-state index in [0.717, 1.165) is 32.1 Å². The fraction of sp³-hybridized carbons (Fsp3) is 0.925. The summed E-state index contributed by atoms with van der Waals surface area (Å²) >= 11 is 0. The monoisotopic (exact) mass is 718 g/mol. The van der Waals surface area contributed by atoms with Crippen molar-refractivity contribution >= 4 is 13.8 Å². The van der Waals surface area contributed by atoms with E-state index >= 15 is 0 Å². The lowest BCUT2D eigenvalue weighted by Crippen LogP contribution is -2.37. The molecule has 2 unspecified atom stereocenters. The number of unbranched alkanes of at least 4 members (excludes halogenated alkanes) is 22. The molecule has 49 heavy (non-hydrogen) atoms. The molecule has 0 saturated heterocycles. The number of carbonyl (C=O) groups is 1. The summed E-state index contributed by atoms with van der Waals surface area (Å²) in [5.74, 6) is -0.334. The van der Waals surface area contributed by atoms with Crippen LogP contribution in [0.1, 0.15) is 181 Å². The van der Waals surface area contributed by atoms with E-state index < -0.39 is 13.9 Å². The average Bonchev–Trinajstić information content (AvgIpc) is 3.04. The summed E-state index contributed by atoms with van der Waals surface area (Å²) in [6.45, 7) is 5.38. The molecule has 0 aromatic carbocycles. The maximum absolute atomic E-state index is 12.6. The van der Waals surface area contributed by atoms with E-state index in [1.54, 1.807) is 0 Å². The first-order valence-corrected chi connectivity index (χ1v) is 21.9. The minimum Gasteiger partial charge on any atom is -0.756 e. The number of allylic oxidation sites excluding steroid dienone is 2. The lowest BCUT2D eigenvalue weighted by molar-refractivity contribution is -0.870. The van der Waals surface area contributed by atoms with Gasteiger partial charge in [0.15, 0.2) is 0 Å². The van der Waals surface area contributed by atoms with Crippen molar-refractivity contribution < 1.29 is 37.3 Å². The second kappa shape index (κ2) is 34.3. The molecule has 0 aromatic rings. The molecular formula is C40H80NO7P. The number of phosphoric ester groups is 1. The van der Waals surface area contributed by atoms with Crippen LogP contribution in [0.2, 0.25) is 0 Å². The third kappa shape index (κ3) is 38.3. The second-order valence-electron chi connectivity index (χ2n) is 15.0. The molecule has 292 valence electrons. The van der Waals surface area contributed by atoms with Crippen LogP contribution < -0.4 is 4.89 Å². The summed E-state index contributed by atoms with van der Waals surface area (Å²) in [6.07, 6.45) is 35.0. The predicted molar refractivity (Wildman–Crippen MR) is 204 cm³/mol. The van der Waals surface area contributed by atoms with Crippen LogP contribution in [-0.4, -0.2) is 70.7 Å². The third-order valence-corrected chi connectivity index (χ3v) is 9.78. The standard InChI is InChI=1S/C40H80NO7P/c1-6-8-10-12-14-16-18-20-21-22-23-25-27-29-31-33-40(42)48-39(38-47-49(43,44)46-36-34-41(3,4)5)37-45-35-32-30-28-26-24-19-17-15-13-11-9-7-2/h13,15,39H,6-12,14,16-38H2,1-5H3/b15-13-. The molecule has 0 bridgehead atoms. The van der Waals surface area contributed by atoms with Crippen molar-refractivity contribution in [1.82, 2.24) is 0 Å². The summed E-state index contributed by atoms with van der Waals surface area (Å²) in [6, 6.07) is 0. The van der Waals surface area contributed by atoms with Gasteiger partial charge in [-0.1, -0.05) is 154 Å². The van der Waals surface area contributed by atoms with E-state index in [1.807, 2.05) is 21.1 Å². The predicted octanol–water partition coefficient (Wildman–Crippen LogP) is 10.9. The van der Waals surface area contributed by atoms with Crippen molar-refractivity contribution in [2.45, 2.75) is 187 Å². The summed E-state index contributed by atoms with van der Waals surface area (Å²) in [4.78, 5) is 25.0. The largest absolute Gasteiger partial charge is 0.756 e. The number of rotatable bonds is 38. The lowest BCUT2D eigenvalue weighted by atomic mass is 10.0. The first kappa shape index (κ1) is 48.2. The van der Waals surface area contributed by atoms with Crippen LogP contribution in [0, 0.1) is 0 Å². The van der Waals surface area contributed by atoms with Crippen LogP contribution in [-0.2, 0) is 27.9 Å². The highest BCUT2D eigenvalue weighted by molar-refractivity contribution is 7.45. The van der Waals surface area contributed by atoms with E-state index in [0.29, 0.717) is 24.1 Å². The Balaban J connectivity index is 4.25. The summed E-state index contributed by atoms with van der Waals surface area (Å²) in [5.41, 5.74) is 0. The van der Waals surface area contributed by atoms with E-state index in [9.17, 15) is 14.3 Å². The van der Waals surface area contributed by atoms with Crippen LogP contribution in [0.4, 0.5) is 0 Å². The Morgan fingerprint density at radius 2 is 1.08 bits per heavy atom. The van der Waals surface area contributed by atoms with Crippen molar-refractivity contribution in [3.05, 3.63) is 12.2 Å². The van der Waals surface area contributed by atoms with Crippen LogP contribution >= 0.6 is 7.82 Å². The molecule has 0 heterocycles. The molecule has 0 fully saturated rings. The van der Waals surface area contributed by atoms with Crippen LogP contribution in [0.25, 0.3) is 0 Å². The van der Waals surface area contributed by atoms with Gasteiger partial charge in [-0.2, -0.15) is 0 Å². The number of quaternary nitrogens is 1. The lowest BCUT2D eigenvalue weighted by Gasteiger charge is -2.28. The topological polar surface area (TPSA) is 94.1 Å². The van der Waals surface area contributed by atoms with Crippen molar-refractivity contribution in [1.29, 1.82) is 0 Å².